The second-order valence-electron chi connectivity index (χ2n) is 4.64. The molecule has 1 atom stereocenters. The van der Waals surface area contributed by atoms with Gasteiger partial charge in [0.25, 0.3) is 0 Å². The molecule has 1 heterocycles. The van der Waals surface area contributed by atoms with Crippen molar-refractivity contribution in [2.24, 2.45) is 5.73 Å². The number of benzene rings is 1. The lowest BCUT2D eigenvalue weighted by atomic mass is 10.0. The van der Waals surface area contributed by atoms with E-state index in [0.29, 0.717) is 5.92 Å². The molecule has 0 aliphatic rings. The quantitative estimate of drug-likeness (QED) is 0.890. The third-order valence-electron chi connectivity index (χ3n) is 2.74. The van der Waals surface area contributed by atoms with E-state index in [1.54, 1.807) is 11.3 Å². The van der Waals surface area contributed by atoms with Crippen molar-refractivity contribution in [3.05, 3.63) is 28.8 Å². The molecule has 5 heteroatoms. The first-order valence-corrected chi connectivity index (χ1v) is 6.66. The Morgan fingerprint density at radius 2 is 2.22 bits per heavy atom. The minimum absolute atomic E-state index is 0.0628. The normalized spacial score (nSPS) is 13.1. The van der Waals surface area contributed by atoms with Gasteiger partial charge in [-0.3, -0.25) is 4.79 Å². The van der Waals surface area contributed by atoms with Crippen LogP contribution in [-0.4, -0.2) is 16.1 Å². The van der Waals surface area contributed by atoms with Gasteiger partial charge in [0.1, 0.15) is 0 Å². The van der Waals surface area contributed by atoms with Gasteiger partial charge in [0.2, 0.25) is 0 Å². The number of hydrogen-bond acceptors (Lipinski definition) is 4. The first-order chi connectivity index (χ1) is 8.47. The van der Waals surface area contributed by atoms with Gasteiger partial charge in [-0.05, 0) is 17.7 Å². The van der Waals surface area contributed by atoms with Gasteiger partial charge in [0.15, 0.2) is 0 Å². The van der Waals surface area contributed by atoms with E-state index in [9.17, 15) is 4.79 Å². The summed E-state index contributed by atoms with van der Waals surface area (Å²) in [6.07, 6.45) is -0.0628. The van der Waals surface area contributed by atoms with Crippen molar-refractivity contribution in [1.29, 1.82) is 0 Å². The highest BCUT2D eigenvalue weighted by Gasteiger charge is 2.13. The van der Waals surface area contributed by atoms with Crippen LogP contribution in [0.5, 0.6) is 0 Å². The molecular formula is C13H16N2O2S. The maximum absolute atomic E-state index is 10.6. The maximum Gasteiger partial charge on any atom is 0.305 e. The molecule has 0 bridgehead atoms. The number of aromatic nitrogens is 1. The Kier molecular flexibility index (Phi) is 3.63. The molecule has 0 spiro atoms. The van der Waals surface area contributed by atoms with Crippen LogP contribution in [-0.2, 0) is 4.79 Å². The van der Waals surface area contributed by atoms with Gasteiger partial charge >= 0.3 is 5.97 Å². The monoisotopic (exact) mass is 264 g/mol. The van der Waals surface area contributed by atoms with Crippen LogP contribution in [0.15, 0.2) is 18.2 Å². The van der Waals surface area contributed by atoms with Gasteiger partial charge in [-0.25, -0.2) is 4.98 Å². The molecule has 4 nitrogen and oxygen atoms in total. The van der Waals surface area contributed by atoms with Gasteiger partial charge < -0.3 is 10.8 Å². The average Bonchev–Trinajstić information content (AvgIpc) is 2.70. The Labute approximate surface area is 109 Å². The second kappa shape index (κ2) is 5.04. The largest absolute Gasteiger partial charge is 0.481 e. The third-order valence-corrected chi connectivity index (χ3v) is 4.08. The molecule has 1 unspecified atom stereocenters. The fraction of sp³-hybridized carbons (Fsp3) is 0.385. The predicted octanol–water partition coefficient (Wildman–Crippen LogP) is 2.89. The van der Waals surface area contributed by atoms with Crippen molar-refractivity contribution in [2.45, 2.75) is 32.2 Å². The first kappa shape index (κ1) is 13.0. The number of carboxylic acids is 1. The van der Waals surface area contributed by atoms with Crippen molar-refractivity contribution in [3.8, 4) is 0 Å². The fourth-order valence-electron chi connectivity index (χ4n) is 1.75. The Balaban J connectivity index is 2.34. The summed E-state index contributed by atoms with van der Waals surface area (Å²) in [4.78, 5) is 15.2. The number of hydrogen-bond donors (Lipinski definition) is 2. The van der Waals surface area contributed by atoms with E-state index in [0.717, 1.165) is 20.8 Å². The number of nitrogens with two attached hydrogens (primary N) is 1. The van der Waals surface area contributed by atoms with E-state index in [4.69, 9.17) is 10.8 Å². The summed E-state index contributed by atoms with van der Waals surface area (Å²) < 4.78 is 1.12. The Morgan fingerprint density at radius 1 is 1.50 bits per heavy atom. The standard InChI is InChI=1S/C13H16N2O2S/c1-7(2)13-15-10-5-8(3-4-11(10)18-13)9(14)6-12(16)17/h3-5,7,9H,6,14H2,1-2H3,(H,16,17). The lowest BCUT2D eigenvalue weighted by Gasteiger charge is -2.08. The van der Waals surface area contributed by atoms with Crippen LogP contribution in [0.4, 0.5) is 0 Å². The summed E-state index contributed by atoms with van der Waals surface area (Å²) in [6, 6.07) is 5.27. The molecule has 0 aliphatic heterocycles. The molecule has 1 aromatic carbocycles. The predicted molar refractivity (Wildman–Crippen MR) is 72.9 cm³/mol. The fourth-order valence-corrected chi connectivity index (χ4v) is 2.70. The van der Waals surface area contributed by atoms with Crippen LogP contribution >= 0.6 is 11.3 Å². The minimum atomic E-state index is -0.885. The molecule has 3 N–H and O–H groups in total. The van der Waals surface area contributed by atoms with Crippen LogP contribution < -0.4 is 5.73 Å². The lowest BCUT2D eigenvalue weighted by molar-refractivity contribution is -0.137. The van der Waals surface area contributed by atoms with Crippen molar-refractivity contribution >= 4 is 27.5 Å². The number of rotatable bonds is 4. The molecule has 0 saturated heterocycles. The van der Waals surface area contributed by atoms with E-state index in [1.165, 1.54) is 0 Å². The van der Waals surface area contributed by atoms with Crippen molar-refractivity contribution in [1.82, 2.24) is 4.98 Å². The molecular weight excluding hydrogens is 248 g/mol. The number of nitrogens with zero attached hydrogens (tertiary/aromatic N) is 1. The first-order valence-electron chi connectivity index (χ1n) is 5.85. The molecule has 0 amide bonds. The Bertz CT molecular complexity index is 577. The highest BCUT2D eigenvalue weighted by Crippen LogP contribution is 2.29. The molecule has 18 heavy (non-hydrogen) atoms. The molecule has 2 rings (SSSR count). The Morgan fingerprint density at radius 3 is 2.83 bits per heavy atom. The van der Waals surface area contributed by atoms with E-state index in [2.05, 4.69) is 18.8 Å². The lowest BCUT2D eigenvalue weighted by Crippen LogP contribution is -2.14. The minimum Gasteiger partial charge on any atom is -0.481 e. The highest BCUT2D eigenvalue weighted by atomic mass is 32.1. The van der Waals surface area contributed by atoms with Gasteiger partial charge in [-0.15, -0.1) is 11.3 Å². The van der Waals surface area contributed by atoms with Crippen LogP contribution in [0.25, 0.3) is 10.2 Å². The zero-order valence-corrected chi connectivity index (χ0v) is 11.2. The number of aliphatic carboxylic acids is 1. The van der Waals surface area contributed by atoms with Crippen molar-refractivity contribution < 1.29 is 9.90 Å². The maximum atomic E-state index is 10.6. The summed E-state index contributed by atoms with van der Waals surface area (Å²) in [5.74, 6) is -0.484. The van der Waals surface area contributed by atoms with Gasteiger partial charge in [0, 0.05) is 12.0 Å². The molecule has 2 aromatic rings. The molecule has 0 aliphatic carbocycles. The molecule has 96 valence electrons. The third kappa shape index (κ3) is 2.68. The van der Waals surface area contributed by atoms with Gasteiger partial charge in [0.05, 0.1) is 21.6 Å². The number of carbonyl (C=O) groups is 1. The van der Waals surface area contributed by atoms with Gasteiger partial charge in [-0.1, -0.05) is 19.9 Å². The zero-order valence-electron chi connectivity index (χ0n) is 10.4. The van der Waals surface area contributed by atoms with Crippen LogP contribution in [0.3, 0.4) is 0 Å². The molecule has 0 radical (unpaired) electrons. The Hall–Kier alpha value is -1.46. The average molecular weight is 264 g/mol. The summed E-state index contributed by atoms with van der Waals surface area (Å²) in [5, 5.41) is 9.83. The second-order valence-corrected chi connectivity index (χ2v) is 5.70. The van der Waals surface area contributed by atoms with E-state index >= 15 is 0 Å². The van der Waals surface area contributed by atoms with E-state index in [-0.39, 0.29) is 6.42 Å². The topological polar surface area (TPSA) is 76.2 Å². The molecule has 1 aromatic heterocycles. The zero-order chi connectivity index (χ0) is 13.3. The van der Waals surface area contributed by atoms with Gasteiger partial charge in [-0.2, -0.15) is 0 Å². The number of thiazole rings is 1. The summed E-state index contributed by atoms with van der Waals surface area (Å²) in [5.41, 5.74) is 7.58. The highest BCUT2D eigenvalue weighted by molar-refractivity contribution is 7.18. The number of carboxylic acid groups (broad SMARTS) is 1. The van der Waals surface area contributed by atoms with E-state index in [1.807, 2.05) is 18.2 Å². The van der Waals surface area contributed by atoms with Crippen molar-refractivity contribution in [2.75, 3.05) is 0 Å². The summed E-state index contributed by atoms with van der Waals surface area (Å²) in [6.45, 7) is 4.21. The summed E-state index contributed by atoms with van der Waals surface area (Å²) >= 11 is 1.67. The van der Waals surface area contributed by atoms with Crippen LogP contribution in [0, 0.1) is 0 Å². The summed E-state index contributed by atoms with van der Waals surface area (Å²) in [7, 11) is 0. The molecule has 0 fully saturated rings. The SMILES string of the molecule is CC(C)c1nc2cc(C(N)CC(=O)O)ccc2s1. The van der Waals surface area contributed by atoms with Crippen LogP contribution in [0.2, 0.25) is 0 Å². The number of fused-ring (bicyclic) bond motifs is 1. The molecule has 0 saturated carbocycles. The van der Waals surface area contributed by atoms with E-state index < -0.39 is 12.0 Å². The van der Waals surface area contributed by atoms with Crippen molar-refractivity contribution in [3.63, 3.8) is 0 Å². The smallest absolute Gasteiger partial charge is 0.305 e. The van der Waals surface area contributed by atoms with Crippen LogP contribution in [0.1, 0.15) is 42.8 Å².